The minimum Gasteiger partial charge on any atom is -0.462 e. The van der Waals surface area contributed by atoms with Crippen molar-refractivity contribution in [1.82, 2.24) is 9.97 Å². The molecule has 29 heavy (non-hydrogen) atoms. The molecule has 7 heteroatoms. The average molecular weight is 390 g/mol. The number of hydrogen-bond acceptors (Lipinski definition) is 6. The lowest BCUT2D eigenvalue weighted by atomic mass is 10.1. The fraction of sp³-hybridized carbons (Fsp3) is 0.182. The first-order valence-electron chi connectivity index (χ1n) is 9.22. The molecular weight excluding hydrogens is 368 g/mol. The molecule has 0 unspecified atom stereocenters. The first-order valence-corrected chi connectivity index (χ1v) is 9.22. The summed E-state index contributed by atoms with van der Waals surface area (Å²) in [6, 6.07) is 14.3. The molecule has 0 atom stereocenters. The maximum Gasteiger partial charge on any atom is 0.340 e. The number of aryl methyl sites for hydroxylation is 2. The molecule has 0 aliphatic carbocycles. The molecule has 3 aromatic rings. The third kappa shape index (κ3) is 4.95. The highest BCUT2D eigenvalue weighted by Gasteiger charge is 2.14. The molecule has 0 aliphatic rings. The Kier molecular flexibility index (Phi) is 6.19. The molecule has 0 aliphatic heterocycles. The highest BCUT2D eigenvalue weighted by Crippen LogP contribution is 2.20. The van der Waals surface area contributed by atoms with Gasteiger partial charge in [0.2, 0.25) is 5.95 Å². The molecule has 1 amide bonds. The molecule has 0 bridgehead atoms. The van der Waals surface area contributed by atoms with Crippen molar-refractivity contribution in [3.8, 4) is 0 Å². The summed E-state index contributed by atoms with van der Waals surface area (Å²) in [4.78, 5) is 33.2. The normalized spacial score (nSPS) is 10.3. The van der Waals surface area contributed by atoms with Crippen LogP contribution < -0.4 is 10.6 Å². The van der Waals surface area contributed by atoms with Gasteiger partial charge in [-0.1, -0.05) is 24.3 Å². The van der Waals surface area contributed by atoms with Gasteiger partial charge in [0.25, 0.3) is 5.91 Å². The molecule has 0 radical (unpaired) electrons. The summed E-state index contributed by atoms with van der Waals surface area (Å²) in [6.07, 6.45) is 1.49. The fourth-order valence-electron chi connectivity index (χ4n) is 2.70. The second kappa shape index (κ2) is 8.97. The van der Waals surface area contributed by atoms with Gasteiger partial charge in [-0.15, -0.1) is 0 Å². The first-order chi connectivity index (χ1) is 14.0. The van der Waals surface area contributed by atoms with Crippen molar-refractivity contribution < 1.29 is 14.3 Å². The Morgan fingerprint density at radius 2 is 1.83 bits per heavy atom. The van der Waals surface area contributed by atoms with Gasteiger partial charge in [-0.05, 0) is 56.2 Å². The Labute approximate surface area is 169 Å². The van der Waals surface area contributed by atoms with Gasteiger partial charge < -0.3 is 15.4 Å². The molecule has 148 valence electrons. The van der Waals surface area contributed by atoms with Crippen molar-refractivity contribution in [2.24, 2.45) is 0 Å². The topological polar surface area (TPSA) is 93.2 Å². The van der Waals surface area contributed by atoms with Gasteiger partial charge in [0.05, 0.1) is 17.9 Å². The van der Waals surface area contributed by atoms with Crippen LogP contribution in [0.25, 0.3) is 0 Å². The Morgan fingerprint density at radius 3 is 2.62 bits per heavy atom. The van der Waals surface area contributed by atoms with E-state index in [1.807, 2.05) is 32.0 Å². The maximum absolute atomic E-state index is 12.6. The second-order valence-corrected chi connectivity index (χ2v) is 6.43. The third-order valence-corrected chi connectivity index (χ3v) is 4.20. The molecule has 2 N–H and O–H groups in total. The highest BCUT2D eigenvalue weighted by atomic mass is 16.5. The smallest absolute Gasteiger partial charge is 0.340 e. The SMILES string of the molecule is CCOC(=O)c1ccccc1Nc1nccc(C(=O)Nc2cc(C)ccc2C)n1. The van der Waals surface area contributed by atoms with Crippen LogP contribution >= 0.6 is 0 Å². The molecule has 0 saturated heterocycles. The van der Waals surface area contributed by atoms with Crippen LogP contribution in [-0.2, 0) is 4.74 Å². The quantitative estimate of drug-likeness (QED) is 0.611. The minimum atomic E-state index is -0.445. The van der Waals surface area contributed by atoms with E-state index in [9.17, 15) is 9.59 Å². The molecular formula is C22H22N4O3. The number of nitrogens with one attached hydrogen (secondary N) is 2. The molecule has 0 spiro atoms. The predicted octanol–water partition coefficient (Wildman–Crippen LogP) is 4.27. The van der Waals surface area contributed by atoms with Crippen molar-refractivity contribution in [2.45, 2.75) is 20.8 Å². The lowest BCUT2D eigenvalue weighted by molar-refractivity contribution is 0.0527. The molecule has 0 saturated carbocycles. The van der Waals surface area contributed by atoms with E-state index in [0.29, 0.717) is 11.3 Å². The zero-order valence-electron chi connectivity index (χ0n) is 16.5. The average Bonchev–Trinajstić information content (AvgIpc) is 2.71. The predicted molar refractivity (Wildman–Crippen MR) is 112 cm³/mol. The van der Waals surface area contributed by atoms with Crippen LogP contribution in [0.4, 0.5) is 17.3 Å². The summed E-state index contributed by atoms with van der Waals surface area (Å²) in [5, 5.41) is 5.86. The van der Waals surface area contributed by atoms with Gasteiger partial charge in [0.15, 0.2) is 0 Å². The summed E-state index contributed by atoms with van der Waals surface area (Å²) < 4.78 is 5.07. The van der Waals surface area contributed by atoms with E-state index in [2.05, 4.69) is 20.6 Å². The van der Waals surface area contributed by atoms with E-state index in [0.717, 1.165) is 16.8 Å². The summed E-state index contributed by atoms with van der Waals surface area (Å²) >= 11 is 0. The van der Waals surface area contributed by atoms with Gasteiger partial charge >= 0.3 is 5.97 Å². The third-order valence-electron chi connectivity index (χ3n) is 4.20. The van der Waals surface area contributed by atoms with E-state index in [4.69, 9.17) is 4.74 Å². The molecule has 2 aromatic carbocycles. The van der Waals surface area contributed by atoms with Crippen molar-refractivity contribution in [3.63, 3.8) is 0 Å². The fourth-order valence-corrected chi connectivity index (χ4v) is 2.70. The van der Waals surface area contributed by atoms with Crippen LogP contribution in [0.5, 0.6) is 0 Å². The lowest BCUT2D eigenvalue weighted by Crippen LogP contribution is -2.16. The van der Waals surface area contributed by atoms with Crippen LogP contribution in [0.2, 0.25) is 0 Å². The minimum absolute atomic E-state index is 0.204. The molecule has 0 fully saturated rings. The highest BCUT2D eigenvalue weighted by molar-refractivity contribution is 6.03. The number of esters is 1. The number of hydrogen-bond donors (Lipinski definition) is 2. The zero-order valence-corrected chi connectivity index (χ0v) is 16.5. The van der Waals surface area contributed by atoms with Gasteiger partial charge in [-0.2, -0.15) is 0 Å². The molecule has 3 rings (SSSR count). The maximum atomic E-state index is 12.6. The number of nitrogens with zero attached hydrogens (tertiary/aromatic N) is 2. The van der Waals surface area contributed by atoms with Crippen LogP contribution in [0.3, 0.4) is 0 Å². The lowest BCUT2D eigenvalue weighted by Gasteiger charge is -2.11. The number of carbonyl (C=O) groups is 2. The van der Waals surface area contributed by atoms with Crippen molar-refractivity contribution in [1.29, 1.82) is 0 Å². The van der Waals surface area contributed by atoms with Crippen LogP contribution in [0.15, 0.2) is 54.7 Å². The standard InChI is InChI=1S/C22H22N4O3/c1-4-29-21(28)16-7-5-6-8-17(16)25-22-23-12-11-18(26-22)20(27)24-19-13-14(2)9-10-15(19)3/h5-13H,4H2,1-3H3,(H,24,27)(H,23,25,26). The van der Waals surface area contributed by atoms with Gasteiger partial charge in [0, 0.05) is 11.9 Å². The van der Waals surface area contributed by atoms with Gasteiger partial charge in [-0.25, -0.2) is 14.8 Å². The summed E-state index contributed by atoms with van der Waals surface area (Å²) in [5.74, 6) is -0.586. The van der Waals surface area contributed by atoms with E-state index in [-0.39, 0.29) is 24.2 Å². The monoisotopic (exact) mass is 390 g/mol. The number of rotatable bonds is 6. The van der Waals surface area contributed by atoms with Crippen molar-refractivity contribution in [3.05, 3.63) is 77.1 Å². The molecule has 1 aromatic heterocycles. The van der Waals surface area contributed by atoms with Crippen molar-refractivity contribution in [2.75, 3.05) is 17.2 Å². The summed E-state index contributed by atoms with van der Waals surface area (Å²) in [6.45, 7) is 5.91. The second-order valence-electron chi connectivity index (χ2n) is 6.43. The van der Waals surface area contributed by atoms with E-state index >= 15 is 0 Å². The number of amides is 1. The number of para-hydroxylation sites is 1. The largest absolute Gasteiger partial charge is 0.462 e. The summed E-state index contributed by atoms with van der Waals surface area (Å²) in [5.41, 5.74) is 3.81. The van der Waals surface area contributed by atoms with Gasteiger partial charge in [0.1, 0.15) is 5.69 Å². The van der Waals surface area contributed by atoms with Crippen molar-refractivity contribution >= 4 is 29.2 Å². The van der Waals surface area contributed by atoms with E-state index in [1.165, 1.54) is 12.3 Å². The molecule has 7 nitrogen and oxygen atoms in total. The molecule has 1 heterocycles. The number of carbonyl (C=O) groups excluding carboxylic acids is 2. The number of aromatic nitrogens is 2. The van der Waals surface area contributed by atoms with Crippen LogP contribution in [0.1, 0.15) is 38.9 Å². The number of benzene rings is 2. The Hall–Kier alpha value is -3.74. The summed E-state index contributed by atoms with van der Waals surface area (Å²) in [7, 11) is 0. The Balaban J connectivity index is 1.81. The Bertz CT molecular complexity index is 1050. The zero-order chi connectivity index (χ0) is 20.8. The number of ether oxygens (including phenoxy) is 1. The van der Waals surface area contributed by atoms with Crippen LogP contribution in [-0.4, -0.2) is 28.5 Å². The van der Waals surface area contributed by atoms with E-state index < -0.39 is 5.97 Å². The van der Waals surface area contributed by atoms with E-state index in [1.54, 1.807) is 31.2 Å². The van der Waals surface area contributed by atoms with Crippen LogP contribution in [0, 0.1) is 13.8 Å². The Morgan fingerprint density at radius 1 is 1.03 bits per heavy atom. The van der Waals surface area contributed by atoms with Gasteiger partial charge in [-0.3, -0.25) is 4.79 Å². The first kappa shape index (κ1) is 20.0. The number of anilines is 3.